The molecule has 168 valence electrons. The van der Waals surface area contributed by atoms with Crippen molar-refractivity contribution in [3.05, 3.63) is 52.5 Å². The van der Waals surface area contributed by atoms with Gasteiger partial charge in [-0.1, -0.05) is 31.9 Å². The Balaban J connectivity index is 1.62. The number of anilines is 1. The predicted molar refractivity (Wildman–Crippen MR) is 131 cm³/mol. The van der Waals surface area contributed by atoms with Crippen molar-refractivity contribution in [2.75, 3.05) is 4.90 Å². The van der Waals surface area contributed by atoms with Gasteiger partial charge in [0.1, 0.15) is 11.2 Å². The Hall–Kier alpha value is -2.60. The molecule has 0 radical (unpaired) electrons. The number of thiophene rings is 1. The Morgan fingerprint density at radius 3 is 2.72 bits per heavy atom. The van der Waals surface area contributed by atoms with Crippen LogP contribution in [0, 0.1) is 19.8 Å². The van der Waals surface area contributed by atoms with Crippen molar-refractivity contribution in [3.63, 3.8) is 0 Å². The second-order valence-electron chi connectivity index (χ2n) is 9.83. The normalized spacial score (nSPS) is 25.8. The topological polar surface area (TPSA) is 54.3 Å². The zero-order chi connectivity index (χ0) is 22.6. The van der Waals surface area contributed by atoms with Gasteiger partial charge in [0.05, 0.1) is 16.8 Å². The molecular weight excluding hydrogens is 418 g/mol. The Morgan fingerprint density at radius 1 is 1.16 bits per heavy atom. The largest absolute Gasteiger partial charge is 0.351 e. The van der Waals surface area contributed by atoms with Crippen molar-refractivity contribution in [3.8, 4) is 0 Å². The third-order valence-corrected chi connectivity index (χ3v) is 8.28. The highest BCUT2D eigenvalue weighted by Gasteiger charge is 2.49. The molecule has 1 N–H and O–H groups in total. The molecule has 5 rings (SSSR count). The lowest BCUT2D eigenvalue weighted by Crippen LogP contribution is -2.66. The van der Waals surface area contributed by atoms with E-state index in [-0.39, 0.29) is 17.9 Å². The van der Waals surface area contributed by atoms with E-state index in [2.05, 4.69) is 12.2 Å². The van der Waals surface area contributed by atoms with E-state index >= 15 is 0 Å². The van der Waals surface area contributed by atoms with E-state index in [0.29, 0.717) is 18.2 Å². The number of nitrogens with zero attached hydrogens (tertiary/aromatic N) is 2. The summed E-state index contributed by atoms with van der Waals surface area (Å²) in [7, 11) is 0. The van der Waals surface area contributed by atoms with Crippen molar-refractivity contribution in [1.82, 2.24) is 9.88 Å². The number of hydrogen-bond donors (Lipinski definition) is 1. The second-order valence-corrected chi connectivity index (χ2v) is 10.8. The lowest BCUT2D eigenvalue weighted by molar-refractivity contribution is -0.127. The summed E-state index contributed by atoms with van der Waals surface area (Å²) in [6.07, 6.45) is 4.51. The van der Waals surface area contributed by atoms with Gasteiger partial charge in [0.25, 0.3) is 5.91 Å². The average molecular weight is 450 g/mol. The van der Waals surface area contributed by atoms with Crippen LogP contribution < -0.4 is 10.2 Å². The number of nitrogens with one attached hydrogen (secondary N) is 1. The number of hydrogen-bond acceptors (Lipinski definition) is 3. The van der Waals surface area contributed by atoms with E-state index in [4.69, 9.17) is 0 Å². The number of carbonyl (C=O) groups is 2. The number of benzene rings is 1. The lowest BCUT2D eigenvalue weighted by Gasteiger charge is -2.45. The minimum Gasteiger partial charge on any atom is -0.351 e. The first-order valence-electron chi connectivity index (χ1n) is 11.6. The molecule has 32 heavy (non-hydrogen) atoms. The molecule has 0 spiro atoms. The van der Waals surface area contributed by atoms with E-state index in [0.717, 1.165) is 46.3 Å². The van der Waals surface area contributed by atoms with E-state index in [1.54, 1.807) is 16.2 Å². The molecule has 1 saturated carbocycles. The summed E-state index contributed by atoms with van der Waals surface area (Å²) in [5.74, 6) is 0.284. The number of aryl methyl sites for hydroxylation is 2. The van der Waals surface area contributed by atoms with Crippen LogP contribution in [0.1, 0.15) is 61.1 Å². The highest BCUT2D eigenvalue weighted by Crippen LogP contribution is 2.39. The maximum absolute atomic E-state index is 14.0. The third kappa shape index (κ3) is 3.27. The average Bonchev–Trinajstić information content (AvgIpc) is 3.35. The quantitative estimate of drug-likeness (QED) is 0.579. The molecule has 2 aliphatic rings. The van der Waals surface area contributed by atoms with Gasteiger partial charge in [-0.3, -0.25) is 14.5 Å². The molecule has 3 heterocycles. The predicted octanol–water partition coefficient (Wildman–Crippen LogP) is 5.43. The fourth-order valence-corrected chi connectivity index (χ4v) is 6.23. The molecule has 0 bridgehead atoms. The maximum atomic E-state index is 14.0. The van der Waals surface area contributed by atoms with Gasteiger partial charge in [-0.25, -0.2) is 0 Å². The Labute approximate surface area is 193 Å². The summed E-state index contributed by atoms with van der Waals surface area (Å²) in [5, 5.41) is 5.40. The van der Waals surface area contributed by atoms with E-state index in [1.165, 1.54) is 6.42 Å². The molecular formula is C26H31N3O2S. The molecule has 6 heteroatoms. The van der Waals surface area contributed by atoms with Crippen LogP contribution in [0.25, 0.3) is 10.2 Å². The van der Waals surface area contributed by atoms with Crippen LogP contribution in [0.3, 0.4) is 0 Å². The van der Waals surface area contributed by atoms with E-state index in [1.807, 2.05) is 61.1 Å². The van der Waals surface area contributed by atoms with Crippen LogP contribution in [0.2, 0.25) is 0 Å². The van der Waals surface area contributed by atoms with Gasteiger partial charge in [-0.15, -0.1) is 11.3 Å². The molecule has 1 aromatic carbocycles. The van der Waals surface area contributed by atoms with Crippen LogP contribution >= 0.6 is 11.3 Å². The Kier molecular flexibility index (Phi) is 5.16. The summed E-state index contributed by atoms with van der Waals surface area (Å²) in [6.45, 7) is 8.62. The van der Waals surface area contributed by atoms with Crippen LogP contribution in [0.5, 0.6) is 0 Å². The summed E-state index contributed by atoms with van der Waals surface area (Å²) in [5.41, 5.74) is 3.56. The van der Waals surface area contributed by atoms with Gasteiger partial charge in [0.2, 0.25) is 5.91 Å². The van der Waals surface area contributed by atoms with Crippen molar-refractivity contribution in [2.24, 2.45) is 5.92 Å². The van der Waals surface area contributed by atoms with Crippen molar-refractivity contribution in [1.29, 1.82) is 0 Å². The molecule has 1 aliphatic heterocycles. The zero-order valence-electron chi connectivity index (χ0n) is 19.3. The molecule has 1 aliphatic carbocycles. The van der Waals surface area contributed by atoms with Crippen LogP contribution in [0.4, 0.5) is 5.69 Å². The highest BCUT2D eigenvalue weighted by atomic mass is 32.1. The first-order chi connectivity index (χ1) is 15.3. The zero-order valence-corrected chi connectivity index (χ0v) is 20.1. The van der Waals surface area contributed by atoms with Gasteiger partial charge in [-0.05, 0) is 74.2 Å². The van der Waals surface area contributed by atoms with Crippen LogP contribution in [-0.2, 0) is 11.3 Å². The highest BCUT2D eigenvalue weighted by molar-refractivity contribution is 7.17. The van der Waals surface area contributed by atoms with E-state index < -0.39 is 5.54 Å². The molecule has 0 saturated heterocycles. The number of fused-ring (bicyclic) bond motifs is 3. The maximum Gasteiger partial charge on any atom is 0.275 e. The fourth-order valence-electron chi connectivity index (χ4n) is 5.41. The smallest absolute Gasteiger partial charge is 0.275 e. The fraction of sp³-hybridized carbons (Fsp3) is 0.462. The molecule has 3 aromatic rings. The molecule has 2 aromatic heterocycles. The second kappa shape index (κ2) is 7.77. The molecule has 1 fully saturated rings. The van der Waals surface area contributed by atoms with Crippen molar-refractivity contribution < 1.29 is 9.59 Å². The summed E-state index contributed by atoms with van der Waals surface area (Å²) >= 11 is 1.63. The van der Waals surface area contributed by atoms with Crippen molar-refractivity contribution in [2.45, 2.75) is 71.5 Å². The van der Waals surface area contributed by atoms with Crippen LogP contribution in [0.15, 0.2) is 35.7 Å². The minimum atomic E-state index is -1.02. The van der Waals surface area contributed by atoms with Gasteiger partial charge in [0, 0.05) is 11.7 Å². The third-order valence-electron chi connectivity index (χ3n) is 7.43. The molecule has 0 unspecified atom stereocenters. The SMILES string of the molecule is Cc1ccc(C)c(N2C(=O)c3cc4sccc4n3C[C@]2(C)C(=O)N[C@H]2CCCC[C@H]2C)c1. The molecule has 3 atom stereocenters. The standard InChI is InChI=1S/C26H31N3O2S/c1-16-9-10-18(3)21(13-16)29-24(30)22-14-23-20(11-12-32-23)28(22)15-26(29,4)25(31)27-19-8-6-5-7-17(19)2/h9-14,17,19H,5-8,15H2,1-4H3,(H,27,31)/t17-,19+,26-/m1/s1. The first-order valence-corrected chi connectivity index (χ1v) is 12.5. The van der Waals surface area contributed by atoms with Gasteiger partial charge in [0.15, 0.2) is 0 Å². The Morgan fingerprint density at radius 2 is 1.94 bits per heavy atom. The van der Waals surface area contributed by atoms with Gasteiger partial charge < -0.3 is 9.88 Å². The summed E-state index contributed by atoms with van der Waals surface area (Å²) in [4.78, 5) is 29.7. The van der Waals surface area contributed by atoms with Gasteiger partial charge in [-0.2, -0.15) is 0 Å². The van der Waals surface area contributed by atoms with Crippen molar-refractivity contribution >= 4 is 39.1 Å². The lowest BCUT2D eigenvalue weighted by atomic mass is 9.84. The van der Waals surface area contributed by atoms with E-state index in [9.17, 15) is 9.59 Å². The van der Waals surface area contributed by atoms with Gasteiger partial charge >= 0.3 is 0 Å². The monoisotopic (exact) mass is 449 g/mol. The molecule has 2 amide bonds. The van der Waals surface area contributed by atoms with Crippen LogP contribution in [-0.4, -0.2) is 28.0 Å². The number of carbonyl (C=O) groups excluding carboxylic acids is 2. The summed E-state index contributed by atoms with van der Waals surface area (Å²) in [6, 6.07) is 10.3. The number of rotatable bonds is 3. The number of aromatic nitrogens is 1. The Bertz CT molecular complexity index is 1210. The number of amides is 2. The minimum absolute atomic E-state index is 0.0618. The first kappa shape index (κ1) is 21.3. The molecule has 5 nitrogen and oxygen atoms in total. The summed E-state index contributed by atoms with van der Waals surface area (Å²) < 4.78 is 3.12.